The molecule has 3 heterocycles. The van der Waals surface area contributed by atoms with E-state index in [1.54, 1.807) is 0 Å². The summed E-state index contributed by atoms with van der Waals surface area (Å²) < 4.78 is 2.54. The van der Waals surface area contributed by atoms with Crippen LogP contribution < -0.4 is 0 Å². The maximum Gasteiger partial charge on any atom is 0.160 e. The summed E-state index contributed by atoms with van der Waals surface area (Å²) in [6.07, 6.45) is 0. The average molecular weight is 694 g/mol. The van der Waals surface area contributed by atoms with E-state index in [4.69, 9.17) is 15.0 Å². The third kappa shape index (κ3) is 5.66. The van der Waals surface area contributed by atoms with E-state index < -0.39 is 0 Å². The molecule has 7 aromatic carbocycles. The summed E-state index contributed by atoms with van der Waals surface area (Å²) in [4.78, 5) is 15.7. The van der Waals surface area contributed by atoms with Crippen LogP contribution in [-0.2, 0) is 0 Å². The Morgan fingerprint density at radius 2 is 0.868 bits per heavy atom. The van der Waals surface area contributed by atoms with Crippen molar-refractivity contribution in [2.45, 2.75) is 0 Å². The Morgan fingerprint density at radius 3 is 1.57 bits per heavy atom. The summed E-state index contributed by atoms with van der Waals surface area (Å²) >= 11 is 1.85. The molecule has 0 spiro atoms. The van der Waals surface area contributed by atoms with Gasteiger partial charge in [-0.25, -0.2) is 15.0 Å². The molecule has 0 N–H and O–H groups in total. The van der Waals surface area contributed by atoms with Crippen LogP contribution in [-0.4, -0.2) is 15.0 Å². The van der Waals surface area contributed by atoms with Gasteiger partial charge in [-0.2, -0.15) is 0 Å². The van der Waals surface area contributed by atoms with E-state index >= 15 is 0 Å². The van der Waals surface area contributed by atoms with E-state index in [2.05, 4.69) is 164 Å². The molecular formula is C49H31N3S. The fraction of sp³-hybridized carbons (Fsp3) is 0. The minimum Gasteiger partial charge on any atom is -0.246 e. The first-order valence-electron chi connectivity index (χ1n) is 17.8. The Labute approximate surface area is 311 Å². The lowest BCUT2D eigenvalue weighted by molar-refractivity contribution is 1.18. The molecule has 10 rings (SSSR count). The molecule has 53 heavy (non-hydrogen) atoms. The van der Waals surface area contributed by atoms with Gasteiger partial charge in [0.05, 0.1) is 22.6 Å². The molecule has 0 saturated heterocycles. The van der Waals surface area contributed by atoms with Gasteiger partial charge in [0, 0.05) is 53.4 Å². The van der Waals surface area contributed by atoms with E-state index in [0.29, 0.717) is 5.82 Å². The maximum absolute atomic E-state index is 5.45. The second-order valence-corrected chi connectivity index (χ2v) is 14.2. The summed E-state index contributed by atoms with van der Waals surface area (Å²) in [5, 5.41) is 3.64. The molecule has 248 valence electrons. The summed E-state index contributed by atoms with van der Waals surface area (Å²) in [5.74, 6) is 0.689. The number of pyridine rings is 1. The van der Waals surface area contributed by atoms with Crippen LogP contribution in [0.15, 0.2) is 188 Å². The highest BCUT2D eigenvalue weighted by Gasteiger charge is 2.18. The lowest BCUT2D eigenvalue weighted by atomic mass is 9.97. The maximum atomic E-state index is 5.45. The summed E-state index contributed by atoms with van der Waals surface area (Å²) in [5.41, 5.74) is 12.5. The molecule has 3 aromatic heterocycles. The van der Waals surface area contributed by atoms with Crippen molar-refractivity contribution >= 4 is 42.4 Å². The number of hydrogen-bond donors (Lipinski definition) is 0. The molecule has 0 aliphatic carbocycles. The zero-order valence-corrected chi connectivity index (χ0v) is 29.5. The molecular weight excluding hydrogens is 663 g/mol. The van der Waals surface area contributed by atoms with Gasteiger partial charge in [0.2, 0.25) is 0 Å². The van der Waals surface area contributed by atoms with Crippen molar-refractivity contribution in [2.75, 3.05) is 0 Å². The van der Waals surface area contributed by atoms with Gasteiger partial charge in [0.25, 0.3) is 0 Å². The Balaban J connectivity index is 1.08. The smallest absolute Gasteiger partial charge is 0.160 e. The molecule has 0 aliphatic rings. The third-order valence-corrected chi connectivity index (χ3v) is 11.1. The molecule has 10 aromatic rings. The van der Waals surface area contributed by atoms with Gasteiger partial charge in [-0.3, -0.25) is 0 Å². The number of fused-ring (bicyclic) bond motifs is 5. The lowest BCUT2D eigenvalue weighted by Gasteiger charge is -2.12. The van der Waals surface area contributed by atoms with Crippen molar-refractivity contribution in [3.05, 3.63) is 188 Å². The Hall–Kier alpha value is -6.75. The van der Waals surface area contributed by atoms with E-state index in [1.165, 1.54) is 36.7 Å². The zero-order chi connectivity index (χ0) is 35.1. The van der Waals surface area contributed by atoms with Gasteiger partial charge in [0.15, 0.2) is 5.82 Å². The Bertz CT molecular complexity index is 2900. The normalized spacial score (nSPS) is 11.4. The van der Waals surface area contributed by atoms with Crippen LogP contribution >= 0.6 is 11.3 Å². The quantitative estimate of drug-likeness (QED) is 0.174. The van der Waals surface area contributed by atoms with Crippen molar-refractivity contribution in [1.82, 2.24) is 15.0 Å². The Morgan fingerprint density at radius 1 is 0.358 bits per heavy atom. The van der Waals surface area contributed by atoms with Crippen molar-refractivity contribution in [3.63, 3.8) is 0 Å². The monoisotopic (exact) mass is 693 g/mol. The van der Waals surface area contributed by atoms with Gasteiger partial charge < -0.3 is 0 Å². The minimum atomic E-state index is 0.689. The first-order chi connectivity index (χ1) is 26.3. The molecule has 0 amide bonds. The molecule has 0 fully saturated rings. The molecule has 4 heteroatoms. The van der Waals surface area contributed by atoms with Gasteiger partial charge in [-0.05, 0) is 28.8 Å². The van der Waals surface area contributed by atoms with Gasteiger partial charge >= 0.3 is 0 Å². The average Bonchev–Trinajstić information content (AvgIpc) is 3.64. The van der Waals surface area contributed by atoms with Gasteiger partial charge in [0.1, 0.15) is 0 Å². The van der Waals surface area contributed by atoms with Crippen molar-refractivity contribution in [3.8, 4) is 67.4 Å². The molecule has 0 bridgehead atoms. The van der Waals surface area contributed by atoms with Crippen molar-refractivity contribution < 1.29 is 0 Å². The van der Waals surface area contributed by atoms with E-state index in [1.807, 2.05) is 35.6 Å². The number of thiophene rings is 1. The fourth-order valence-corrected chi connectivity index (χ4v) is 8.50. The lowest BCUT2D eigenvalue weighted by Crippen LogP contribution is -1.96. The summed E-state index contributed by atoms with van der Waals surface area (Å²) in [7, 11) is 0. The zero-order valence-electron chi connectivity index (χ0n) is 28.6. The number of hydrogen-bond acceptors (Lipinski definition) is 4. The Kier molecular flexibility index (Phi) is 7.67. The predicted octanol–water partition coefficient (Wildman–Crippen LogP) is 13.4. The van der Waals surface area contributed by atoms with E-state index in [-0.39, 0.29) is 0 Å². The third-order valence-electron chi connectivity index (χ3n) is 9.92. The minimum absolute atomic E-state index is 0.689. The first kappa shape index (κ1) is 31.0. The van der Waals surface area contributed by atoms with Crippen LogP contribution in [0.3, 0.4) is 0 Å². The van der Waals surface area contributed by atoms with Crippen LogP contribution in [0.5, 0.6) is 0 Å². The second kappa shape index (κ2) is 13.1. The molecule has 0 aliphatic heterocycles. The first-order valence-corrected chi connectivity index (χ1v) is 18.6. The van der Waals surface area contributed by atoms with Crippen LogP contribution in [0.1, 0.15) is 0 Å². The number of benzene rings is 7. The highest BCUT2D eigenvalue weighted by Crippen LogP contribution is 2.44. The van der Waals surface area contributed by atoms with Gasteiger partial charge in [-0.15, -0.1) is 11.3 Å². The number of rotatable bonds is 6. The highest BCUT2D eigenvalue weighted by molar-refractivity contribution is 7.26. The highest BCUT2D eigenvalue weighted by atomic mass is 32.1. The number of aromatic nitrogens is 3. The van der Waals surface area contributed by atoms with Crippen LogP contribution in [0.2, 0.25) is 0 Å². The number of nitrogens with zero attached hydrogens (tertiary/aromatic N) is 3. The topological polar surface area (TPSA) is 38.7 Å². The molecule has 0 radical (unpaired) electrons. The number of para-hydroxylation sites is 1. The SMILES string of the molecule is c1ccc(-c2ccc(-c3cc(-c4ccccc4)nc(-c4ccc(-c5cccc6c5nc(-c5ccccc5)c5c7ccccc7sc65)cc4)n3)cc2)cc1. The van der Waals surface area contributed by atoms with Crippen LogP contribution in [0.4, 0.5) is 0 Å². The van der Waals surface area contributed by atoms with Crippen molar-refractivity contribution in [1.29, 1.82) is 0 Å². The predicted molar refractivity (Wildman–Crippen MR) is 223 cm³/mol. The largest absolute Gasteiger partial charge is 0.246 e. The summed E-state index contributed by atoms with van der Waals surface area (Å²) in [6, 6.07) is 65.9. The summed E-state index contributed by atoms with van der Waals surface area (Å²) in [6.45, 7) is 0. The molecule has 3 nitrogen and oxygen atoms in total. The second-order valence-electron chi connectivity index (χ2n) is 13.2. The standard InChI is InChI=1S/C49H31N3S/c1-4-13-32(14-5-1)33-23-27-36(28-24-33)43-31-42(35-15-6-2-7-16-35)50-49(51-43)38-29-25-34(26-30-38)39-20-12-21-41-47(39)52-46(37-17-8-3-9-18-37)45-40-19-10-11-22-44(40)53-48(41)45/h1-31H. The molecule has 0 saturated carbocycles. The van der Waals surface area contributed by atoms with Gasteiger partial charge in [-0.1, -0.05) is 176 Å². The molecule has 0 atom stereocenters. The van der Waals surface area contributed by atoms with Crippen molar-refractivity contribution in [2.24, 2.45) is 0 Å². The van der Waals surface area contributed by atoms with E-state index in [0.717, 1.165) is 56.0 Å². The fourth-order valence-electron chi connectivity index (χ4n) is 7.27. The van der Waals surface area contributed by atoms with Crippen LogP contribution in [0, 0.1) is 0 Å². The molecule has 0 unspecified atom stereocenters. The van der Waals surface area contributed by atoms with E-state index in [9.17, 15) is 0 Å². The van der Waals surface area contributed by atoms with Crippen LogP contribution in [0.25, 0.3) is 98.5 Å².